The molecule has 1 fully saturated rings. The molecular formula is C13H21N3. The monoisotopic (exact) mass is 219 g/mol. The maximum Gasteiger partial charge on any atom is 0.148 e. The van der Waals surface area contributed by atoms with Crippen molar-refractivity contribution in [1.82, 2.24) is 10.2 Å². The van der Waals surface area contributed by atoms with E-state index in [0.717, 1.165) is 17.4 Å². The molecule has 0 saturated heterocycles. The Bertz CT molecular complexity index is 320. The second kappa shape index (κ2) is 5.28. The molecule has 3 nitrogen and oxygen atoms in total. The van der Waals surface area contributed by atoms with E-state index in [1.54, 1.807) is 0 Å². The van der Waals surface area contributed by atoms with Crippen LogP contribution in [0.4, 0.5) is 5.82 Å². The molecule has 0 aliphatic heterocycles. The van der Waals surface area contributed by atoms with E-state index in [-0.39, 0.29) is 0 Å². The highest BCUT2D eigenvalue weighted by atomic mass is 15.2. The molecule has 1 aliphatic carbocycles. The number of hydrogen-bond acceptors (Lipinski definition) is 3. The predicted octanol–water partition coefficient (Wildman–Crippen LogP) is 3.17. The van der Waals surface area contributed by atoms with E-state index in [1.165, 1.54) is 32.1 Å². The topological polar surface area (TPSA) is 37.8 Å². The Kier molecular flexibility index (Phi) is 3.75. The van der Waals surface area contributed by atoms with Gasteiger partial charge in [0.2, 0.25) is 0 Å². The fourth-order valence-electron chi connectivity index (χ4n) is 2.48. The van der Waals surface area contributed by atoms with Crippen molar-refractivity contribution < 1.29 is 0 Å². The van der Waals surface area contributed by atoms with Gasteiger partial charge in [0.25, 0.3) is 0 Å². The normalized spacial score (nSPS) is 25.4. The minimum atomic E-state index is 0.593. The summed E-state index contributed by atoms with van der Waals surface area (Å²) in [6, 6.07) is 4.63. The zero-order valence-corrected chi connectivity index (χ0v) is 10.2. The molecule has 0 amide bonds. The third-order valence-electron chi connectivity index (χ3n) is 3.51. The summed E-state index contributed by atoms with van der Waals surface area (Å²) in [5.74, 6) is 1.82. The average Bonchev–Trinajstić information content (AvgIpc) is 2.32. The van der Waals surface area contributed by atoms with Gasteiger partial charge in [-0.1, -0.05) is 26.2 Å². The molecule has 1 heterocycles. The number of nitrogens with zero attached hydrogens (tertiary/aromatic N) is 2. The highest BCUT2D eigenvalue weighted by molar-refractivity contribution is 5.34. The smallest absolute Gasteiger partial charge is 0.148 e. The van der Waals surface area contributed by atoms with Gasteiger partial charge < -0.3 is 5.32 Å². The van der Waals surface area contributed by atoms with Crippen LogP contribution in [0.5, 0.6) is 0 Å². The number of aromatic nitrogens is 2. The molecule has 2 rings (SSSR count). The number of nitrogens with one attached hydrogen (secondary N) is 1. The van der Waals surface area contributed by atoms with Crippen molar-refractivity contribution in [2.75, 3.05) is 5.32 Å². The summed E-state index contributed by atoms with van der Waals surface area (Å²) in [5, 5.41) is 11.7. The summed E-state index contributed by atoms with van der Waals surface area (Å²) in [7, 11) is 0. The van der Waals surface area contributed by atoms with Gasteiger partial charge in [0.05, 0.1) is 5.69 Å². The van der Waals surface area contributed by atoms with Crippen molar-refractivity contribution in [2.24, 2.45) is 5.92 Å². The maximum absolute atomic E-state index is 4.16. The van der Waals surface area contributed by atoms with Gasteiger partial charge in [-0.25, -0.2) is 0 Å². The number of hydrogen-bond donors (Lipinski definition) is 1. The van der Waals surface area contributed by atoms with Crippen LogP contribution in [0.25, 0.3) is 0 Å². The lowest BCUT2D eigenvalue weighted by atomic mass is 9.84. The molecule has 1 aromatic heterocycles. The molecule has 3 heteroatoms. The summed E-state index contributed by atoms with van der Waals surface area (Å²) in [5.41, 5.74) is 0.973. The van der Waals surface area contributed by atoms with Crippen LogP contribution in [0.3, 0.4) is 0 Å². The van der Waals surface area contributed by atoms with Crippen molar-refractivity contribution in [3.8, 4) is 0 Å². The zero-order valence-electron chi connectivity index (χ0n) is 10.2. The van der Waals surface area contributed by atoms with Gasteiger partial charge in [-0.05, 0) is 37.8 Å². The van der Waals surface area contributed by atoms with Crippen LogP contribution in [-0.2, 0) is 0 Å². The van der Waals surface area contributed by atoms with Gasteiger partial charge in [-0.15, -0.1) is 5.10 Å². The lowest BCUT2D eigenvalue weighted by Gasteiger charge is -2.29. The predicted molar refractivity (Wildman–Crippen MR) is 66.4 cm³/mol. The molecule has 0 spiro atoms. The minimum Gasteiger partial charge on any atom is -0.366 e. The molecule has 16 heavy (non-hydrogen) atoms. The first-order chi connectivity index (χ1) is 7.78. The van der Waals surface area contributed by atoms with Gasteiger partial charge in [0.1, 0.15) is 5.82 Å². The van der Waals surface area contributed by atoms with Crippen molar-refractivity contribution in [1.29, 1.82) is 0 Å². The van der Waals surface area contributed by atoms with Crippen LogP contribution in [0, 0.1) is 12.8 Å². The van der Waals surface area contributed by atoms with Crippen molar-refractivity contribution in [3.05, 3.63) is 17.8 Å². The SMILES string of the molecule is CCC1CCCC(Nc2ccc(C)nn2)C1. The van der Waals surface area contributed by atoms with E-state index in [4.69, 9.17) is 0 Å². The zero-order chi connectivity index (χ0) is 11.4. The van der Waals surface area contributed by atoms with Crippen molar-refractivity contribution in [2.45, 2.75) is 52.0 Å². The Morgan fingerprint density at radius 3 is 2.88 bits per heavy atom. The van der Waals surface area contributed by atoms with Crippen LogP contribution in [0.1, 0.15) is 44.7 Å². The summed E-state index contributed by atoms with van der Waals surface area (Å²) >= 11 is 0. The Morgan fingerprint density at radius 2 is 2.19 bits per heavy atom. The minimum absolute atomic E-state index is 0.593. The van der Waals surface area contributed by atoms with Gasteiger partial charge >= 0.3 is 0 Å². The molecule has 1 saturated carbocycles. The van der Waals surface area contributed by atoms with Crippen LogP contribution in [0.2, 0.25) is 0 Å². The first-order valence-corrected chi connectivity index (χ1v) is 6.34. The van der Waals surface area contributed by atoms with Crippen molar-refractivity contribution >= 4 is 5.82 Å². The molecule has 2 atom stereocenters. The second-order valence-electron chi connectivity index (χ2n) is 4.84. The summed E-state index contributed by atoms with van der Waals surface area (Å²) < 4.78 is 0. The van der Waals surface area contributed by atoms with E-state index in [0.29, 0.717) is 6.04 Å². The first kappa shape index (κ1) is 11.4. The highest BCUT2D eigenvalue weighted by Crippen LogP contribution is 2.28. The van der Waals surface area contributed by atoms with E-state index < -0.39 is 0 Å². The van der Waals surface area contributed by atoms with Crippen LogP contribution < -0.4 is 5.32 Å². The Morgan fingerprint density at radius 1 is 1.31 bits per heavy atom. The fourth-order valence-corrected chi connectivity index (χ4v) is 2.48. The molecule has 1 aromatic rings. The van der Waals surface area contributed by atoms with Gasteiger partial charge in [-0.2, -0.15) is 5.10 Å². The van der Waals surface area contributed by atoms with Crippen LogP contribution in [0.15, 0.2) is 12.1 Å². The van der Waals surface area contributed by atoms with Gasteiger partial charge in [0.15, 0.2) is 0 Å². The van der Waals surface area contributed by atoms with Gasteiger partial charge in [-0.3, -0.25) is 0 Å². The molecule has 1 aliphatic rings. The molecular weight excluding hydrogens is 198 g/mol. The molecule has 1 N–H and O–H groups in total. The van der Waals surface area contributed by atoms with E-state index >= 15 is 0 Å². The maximum atomic E-state index is 4.16. The fraction of sp³-hybridized carbons (Fsp3) is 0.692. The van der Waals surface area contributed by atoms with E-state index in [2.05, 4.69) is 22.4 Å². The summed E-state index contributed by atoms with van der Waals surface area (Å²) in [6.45, 7) is 4.25. The third-order valence-corrected chi connectivity index (χ3v) is 3.51. The number of aryl methyl sites for hydroxylation is 1. The molecule has 0 radical (unpaired) electrons. The molecule has 88 valence electrons. The first-order valence-electron chi connectivity index (χ1n) is 6.34. The highest BCUT2D eigenvalue weighted by Gasteiger charge is 2.20. The third kappa shape index (κ3) is 2.94. The molecule has 2 unspecified atom stereocenters. The Balaban J connectivity index is 1.91. The number of rotatable bonds is 3. The lowest BCUT2D eigenvalue weighted by Crippen LogP contribution is -2.27. The summed E-state index contributed by atoms with van der Waals surface area (Å²) in [6.07, 6.45) is 6.60. The Labute approximate surface area is 97.7 Å². The second-order valence-corrected chi connectivity index (χ2v) is 4.84. The van der Waals surface area contributed by atoms with E-state index in [1.807, 2.05) is 19.1 Å². The lowest BCUT2D eigenvalue weighted by molar-refractivity contribution is 0.327. The standard InChI is InChI=1S/C13H21N3/c1-3-11-5-4-6-12(9-11)14-13-8-7-10(2)15-16-13/h7-8,11-12H,3-6,9H2,1-2H3,(H,14,16). The average molecular weight is 219 g/mol. The Hall–Kier alpha value is -1.12. The molecule has 0 aromatic carbocycles. The summed E-state index contributed by atoms with van der Waals surface area (Å²) in [4.78, 5) is 0. The van der Waals surface area contributed by atoms with Crippen LogP contribution >= 0.6 is 0 Å². The number of anilines is 1. The van der Waals surface area contributed by atoms with Crippen molar-refractivity contribution in [3.63, 3.8) is 0 Å². The van der Waals surface area contributed by atoms with Gasteiger partial charge in [0, 0.05) is 6.04 Å². The van der Waals surface area contributed by atoms with Crippen LogP contribution in [-0.4, -0.2) is 16.2 Å². The quantitative estimate of drug-likeness (QED) is 0.848. The largest absolute Gasteiger partial charge is 0.366 e. The van der Waals surface area contributed by atoms with E-state index in [9.17, 15) is 0 Å². The molecule has 0 bridgehead atoms.